The Balaban J connectivity index is 1.55. The largest absolute Gasteiger partial charge is 0.486 e. The van der Waals surface area contributed by atoms with Gasteiger partial charge in [0.1, 0.15) is 19.0 Å². The Morgan fingerprint density at radius 1 is 1.00 bits per heavy atom. The van der Waals surface area contributed by atoms with Crippen LogP contribution in [0.4, 0.5) is 4.39 Å². The maximum absolute atomic E-state index is 12.9. The van der Waals surface area contributed by atoms with E-state index < -0.39 is 0 Å². The second kappa shape index (κ2) is 6.79. The molecule has 0 saturated carbocycles. The fourth-order valence-electron chi connectivity index (χ4n) is 2.63. The topological polar surface area (TPSA) is 44.5 Å². The van der Waals surface area contributed by atoms with Crippen molar-refractivity contribution < 1.29 is 13.9 Å². The molecule has 116 valence electrons. The Kier molecular flexibility index (Phi) is 4.59. The molecule has 4 heteroatoms. The summed E-state index contributed by atoms with van der Waals surface area (Å²) in [7, 11) is 0. The normalized spacial score (nSPS) is 14.6. The number of fused-ring (bicyclic) bond motifs is 1. The van der Waals surface area contributed by atoms with Crippen LogP contribution in [0.5, 0.6) is 11.5 Å². The third kappa shape index (κ3) is 3.57. The Labute approximate surface area is 129 Å². The molecule has 0 saturated heterocycles. The minimum atomic E-state index is -0.197. The third-order valence-corrected chi connectivity index (χ3v) is 3.89. The number of halogens is 1. The first-order chi connectivity index (χ1) is 10.7. The Hall–Kier alpha value is -2.07. The van der Waals surface area contributed by atoms with Crippen LogP contribution in [0.2, 0.25) is 0 Å². The molecule has 2 aromatic carbocycles. The van der Waals surface area contributed by atoms with E-state index in [0.717, 1.165) is 41.9 Å². The van der Waals surface area contributed by atoms with E-state index in [1.807, 2.05) is 30.3 Å². The predicted molar refractivity (Wildman–Crippen MR) is 83.7 cm³/mol. The van der Waals surface area contributed by atoms with Gasteiger partial charge in [-0.15, -0.1) is 0 Å². The van der Waals surface area contributed by atoms with Gasteiger partial charge in [-0.25, -0.2) is 4.39 Å². The quantitative estimate of drug-likeness (QED) is 0.917. The number of aryl methyl sites for hydroxylation is 1. The maximum atomic E-state index is 12.9. The maximum Gasteiger partial charge on any atom is 0.161 e. The van der Waals surface area contributed by atoms with Crippen molar-refractivity contribution in [1.82, 2.24) is 0 Å². The van der Waals surface area contributed by atoms with Crippen LogP contribution in [-0.4, -0.2) is 13.2 Å². The van der Waals surface area contributed by atoms with Crippen molar-refractivity contribution in [3.05, 3.63) is 59.4 Å². The average Bonchev–Trinajstić information content (AvgIpc) is 2.56. The van der Waals surface area contributed by atoms with Gasteiger partial charge in [0, 0.05) is 6.04 Å². The molecule has 0 unspecified atom stereocenters. The van der Waals surface area contributed by atoms with Crippen LogP contribution in [0, 0.1) is 5.82 Å². The van der Waals surface area contributed by atoms with E-state index in [2.05, 4.69) is 0 Å². The molecule has 0 bridgehead atoms. The van der Waals surface area contributed by atoms with Crippen LogP contribution in [0.15, 0.2) is 42.5 Å². The summed E-state index contributed by atoms with van der Waals surface area (Å²) >= 11 is 0. The number of hydrogen-bond donors (Lipinski definition) is 1. The third-order valence-electron chi connectivity index (χ3n) is 3.89. The summed E-state index contributed by atoms with van der Waals surface area (Å²) in [5.74, 6) is 1.36. The molecular weight excluding hydrogens is 281 g/mol. The summed E-state index contributed by atoms with van der Waals surface area (Å²) in [4.78, 5) is 0. The summed E-state index contributed by atoms with van der Waals surface area (Å²) in [6.45, 7) is 1.17. The van der Waals surface area contributed by atoms with Gasteiger partial charge in [0.05, 0.1) is 0 Å². The highest BCUT2D eigenvalue weighted by atomic mass is 19.1. The number of benzene rings is 2. The van der Waals surface area contributed by atoms with Gasteiger partial charge in [0.2, 0.25) is 0 Å². The van der Waals surface area contributed by atoms with Gasteiger partial charge in [0.25, 0.3) is 0 Å². The molecule has 0 fully saturated rings. The van der Waals surface area contributed by atoms with Crippen molar-refractivity contribution in [3.63, 3.8) is 0 Å². The minimum Gasteiger partial charge on any atom is -0.486 e. The van der Waals surface area contributed by atoms with Crippen molar-refractivity contribution in [3.8, 4) is 11.5 Å². The van der Waals surface area contributed by atoms with E-state index >= 15 is 0 Å². The van der Waals surface area contributed by atoms with Crippen molar-refractivity contribution in [1.29, 1.82) is 0 Å². The summed E-state index contributed by atoms with van der Waals surface area (Å²) in [5, 5.41) is 0. The number of ether oxygens (including phenoxy) is 2. The molecule has 0 aliphatic carbocycles. The molecule has 2 N–H and O–H groups in total. The smallest absolute Gasteiger partial charge is 0.161 e. The molecule has 1 aliphatic rings. The minimum absolute atomic E-state index is 0.0312. The highest BCUT2D eigenvalue weighted by Crippen LogP contribution is 2.33. The van der Waals surface area contributed by atoms with Gasteiger partial charge in [-0.1, -0.05) is 18.2 Å². The average molecular weight is 301 g/mol. The zero-order chi connectivity index (χ0) is 15.4. The lowest BCUT2D eigenvalue weighted by Gasteiger charge is -2.20. The lowest BCUT2D eigenvalue weighted by molar-refractivity contribution is 0.171. The van der Waals surface area contributed by atoms with Gasteiger partial charge < -0.3 is 15.2 Å². The standard InChI is InChI=1S/C18H20FNO2/c19-15-7-4-13(5-8-15)2-1-3-16(20)14-6-9-17-18(12-14)22-11-10-21-17/h4-9,12,16H,1-3,10-11,20H2/t16-/m0/s1. The molecule has 0 aromatic heterocycles. The van der Waals surface area contributed by atoms with E-state index in [1.165, 1.54) is 12.1 Å². The fourth-order valence-corrected chi connectivity index (χ4v) is 2.63. The monoisotopic (exact) mass is 301 g/mol. The molecule has 3 rings (SSSR count). The van der Waals surface area contributed by atoms with Crippen molar-refractivity contribution in [2.24, 2.45) is 5.73 Å². The number of hydrogen-bond acceptors (Lipinski definition) is 3. The summed E-state index contributed by atoms with van der Waals surface area (Å²) in [6.07, 6.45) is 2.73. The first kappa shape index (κ1) is 14.9. The van der Waals surface area contributed by atoms with E-state index in [-0.39, 0.29) is 11.9 Å². The van der Waals surface area contributed by atoms with Crippen LogP contribution in [0.3, 0.4) is 0 Å². The Morgan fingerprint density at radius 2 is 1.73 bits per heavy atom. The van der Waals surface area contributed by atoms with E-state index in [4.69, 9.17) is 15.2 Å². The van der Waals surface area contributed by atoms with Crippen LogP contribution >= 0.6 is 0 Å². The zero-order valence-electron chi connectivity index (χ0n) is 12.4. The van der Waals surface area contributed by atoms with Crippen molar-refractivity contribution >= 4 is 0 Å². The van der Waals surface area contributed by atoms with Crippen molar-refractivity contribution in [2.75, 3.05) is 13.2 Å². The van der Waals surface area contributed by atoms with Crippen molar-refractivity contribution in [2.45, 2.75) is 25.3 Å². The molecule has 22 heavy (non-hydrogen) atoms. The Bertz CT molecular complexity index is 627. The van der Waals surface area contributed by atoms with Gasteiger partial charge in [-0.2, -0.15) is 0 Å². The van der Waals surface area contributed by atoms with Crippen LogP contribution in [-0.2, 0) is 6.42 Å². The summed E-state index contributed by atoms with van der Waals surface area (Å²) < 4.78 is 23.9. The predicted octanol–water partition coefficient (Wildman–Crippen LogP) is 3.62. The van der Waals surface area contributed by atoms with Gasteiger partial charge >= 0.3 is 0 Å². The second-order valence-corrected chi connectivity index (χ2v) is 5.53. The molecule has 1 aliphatic heterocycles. The fraction of sp³-hybridized carbons (Fsp3) is 0.333. The van der Waals surface area contributed by atoms with Gasteiger partial charge in [-0.3, -0.25) is 0 Å². The molecular formula is C18H20FNO2. The molecule has 2 aromatic rings. The first-order valence-corrected chi connectivity index (χ1v) is 7.62. The summed E-state index contributed by atoms with van der Waals surface area (Å²) in [5.41, 5.74) is 8.45. The molecule has 0 radical (unpaired) electrons. The lowest BCUT2D eigenvalue weighted by atomic mass is 9.99. The lowest BCUT2D eigenvalue weighted by Crippen LogP contribution is -2.16. The van der Waals surface area contributed by atoms with Crippen LogP contribution in [0.25, 0.3) is 0 Å². The van der Waals surface area contributed by atoms with Crippen LogP contribution < -0.4 is 15.2 Å². The highest BCUT2D eigenvalue weighted by molar-refractivity contribution is 5.44. The molecule has 3 nitrogen and oxygen atoms in total. The van der Waals surface area contributed by atoms with E-state index in [9.17, 15) is 4.39 Å². The zero-order valence-corrected chi connectivity index (χ0v) is 12.4. The van der Waals surface area contributed by atoms with Gasteiger partial charge in [-0.05, 0) is 54.7 Å². The number of nitrogens with two attached hydrogens (primary N) is 1. The second-order valence-electron chi connectivity index (χ2n) is 5.53. The number of rotatable bonds is 5. The SMILES string of the molecule is N[C@@H](CCCc1ccc(F)cc1)c1ccc2c(c1)OCCO2. The van der Waals surface area contributed by atoms with Gasteiger partial charge in [0.15, 0.2) is 11.5 Å². The summed E-state index contributed by atoms with van der Waals surface area (Å²) in [6, 6.07) is 12.5. The molecule has 1 atom stereocenters. The van der Waals surface area contributed by atoms with E-state index in [1.54, 1.807) is 0 Å². The molecule has 0 spiro atoms. The molecule has 0 amide bonds. The first-order valence-electron chi connectivity index (χ1n) is 7.62. The highest BCUT2D eigenvalue weighted by Gasteiger charge is 2.14. The Morgan fingerprint density at radius 3 is 2.50 bits per heavy atom. The van der Waals surface area contributed by atoms with Crippen LogP contribution in [0.1, 0.15) is 30.0 Å². The van der Waals surface area contributed by atoms with E-state index in [0.29, 0.717) is 13.2 Å². The molecule has 1 heterocycles.